The third-order valence-electron chi connectivity index (χ3n) is 3.09. The lowest BCUT2D eigenvalue weighted by Gasteiger charge is -2.26. The first-order valence-corrected chi connectivity index (χ1v) is 5.99. The van der Waals surface area contributed by atoms with Gasteiger partial charge in [-0.25, -0.2) is 0 Å². The molecule has 0 aliphatic carbocycles. The number of carbonyl (C=O) groups excluding carboxylic acids is 1. The highest BCUT2D eigenvalue weighted by Crippen LogP contribution is 2.37. The van der Waals surface area contributed by atoms with Gasteiger partial charge in [0.25, 0.3) is 0 Å². The Kier molecular flexibility index (Phi) is 4.93. The molecule has 98 valence electrons. The van der Waals surface area contributed by atoms with E-state index in [0.29, 0.717) is 19.6 Å². The highest BCUT2D eigenvalue weighted by molar-refractivity contribution is 5.80. The normalized spacial score (nSPS) is 25.6. The molecule has 0 saturated carbocycles. The molecule has 1 N–H and O–H groups in total. The summed E-state index contributed by atoms with van der Waals surface area (Å²) < 4.78 is 10.4. The van der Waals surface area contributed by atoms with E-state index in [1.54, 1.807) is 6.92 Å². The average Bonchev–Trinajstić information content (AvgIpc) is 2.61. The lowest BCUT2D eigenvalue weighted by molar-refractivity contribution is -0.152. The fraction of sp³-hybridized carbons (Fsp3) is 0.833. The first-order chi connectivity index (χ1) is 8.02. The van der Waals surface area contributed by atoms with Gasteiger partial charge in [-0.2, -0.15) is 0 Å². The van der Waals surface area contributed by atoms with Crippen LogP contribution in [0.1, 0.15) is 33.1 Å². The number of rotatable bonds is 7. The highest BCUT2D eigenvalue weighted by atomic mass is 16.5. The number of cyclic esters (lactones) is 1. The van der Waals surface area contributed by atoms with Gasteiger partial charge >= 0.3 is 11.9 Å². The molecule has 0 bridgehead atoms. The standard InChI is InChI=1S/C12H20O5/c1-3-5-16-8-12(4-6-17-11(12)15)7-9(2)10(13)14/h9H,3-8H2,1-2H3,(H,13,14). The Hall–Kier alpha value is -1.10. The molecule has 5 nitrogen and oxygen atoms in total. The van der Waals surface area contributed by atoms with Crippen molar-refractivity contribution in [2.24, 2.45) is 11.3 Å². The molecular weight excluding hydrogens is 224 g/mol. The third kappa shape index (κ3) is 3.43. The van der Waals surface area contributed by atoms with Crippen LogP contribution < -0.4 is 0 Å². The Bertz CT molecular complexity index is 289. The first-order valence-electron chi connectivity index (χ1n) is 5.99. The van der Waals surface area contributed by atoms with Crippen LogP contribution in [0, 0.1) is 11.3 Å². The van der Waals surface area contributed by atoms with Crippen LogP contribution in [0.5, 0.6) is 0 Å². The summed E-state index contributed by atoms with van der Waals surface area (Å²) in [5, 5.41) is 8.92. The van der Waals surface area contributed by atoms with Gasteiger partial charge in [-0.15, -0.1) is 0 Å². The van der Waals surface area contributed by atoms with Crippen LogP contribution in [0.3, 0.4) is 0 Å². The number of hydrogen-bond donors (Lipinski definition) is 1. The van der Waals surface area contributed by atoms with Gasteiger partial charge in [-0.3, -0.25) is 9.59 Å². The van der Waals surface area contributed by atoms with Crippen LogP contribution in [0.25, 0.3) is 0 Å². The van der Waals surface area contributed by atoms with Crippen molar-refractivity contribution >= 4 is 11.9 Å². The van der Waals surface area contributed by atoms with Crippen molar-refractivity contribution in [1.29, 1.82) is 0 Å². The van der Waals surface area contributed by atoms with Gasteiger partial charge in [0.2, 0.25) is 0 Å². The molecule has 0 spiro atoms. The number of aliphatic carboxylic acids is 1. The molecule has 1 aliphatic rings. The van der Waals surface area contributed by atoms with Crippen LogP contribution in [0.4, 0.5) is 0 Å². The van der Waals surface area contributed by atoms with E-state index in [9.17, 15) is 9.59 Å². The molecule has 17 heavy (non-hydrogen) atoms. The van der Waals surface area contributed by atoms with Crippen LogP contribution in [-0.4, -0.2) is 36.9 Å². The van der Waals surface area contributed by atoms with E-state index in [-0.39, 0.29) is 19.0 Å². The molecule has 1 fully saturated rings. The average molecular weight is 244 g/mol. The summed E-state index contributed by atoms with van der Waals surface area (Å²) in [7, 11) is 0. The van der Waals surface area contributed by atoms with Crippen LogP contribution in [-0.2, 0) is 19.1 Å². The summed E-state index contributed by atoms with van der Waals surface area (Å²) in [6, 6.07) is 0. The van der Waals surface area contributed by atoms with Crippen molar-refractivity contribution in [1.82, 2.24) is 0 Å². The second-order valence-corrected chi connectivity index (χ2v) is 4.66. The van der Waals surface area contributed by atoms with Gasteiger partial charge in [-0.05, 0) is 19.3 Å². The van der Waals surface area contributed by atoms with Crippen LogP contribution in [0.15, 0.2) is 0 Å². The summed E-state index contributed by atoms with van der Waals surface area (Å²) in [5.41, 5.74) is -0.757. The predicted octanol–water partition coefficient (Wildman–Crippen LogP) is 1.46. The van der Waals surface area contributed by atoms with E-state index >= 15 is 0 Å². The van der Waals surface area contributed by atoms with Gasteiger partial charge in [0.1, 0.15) is 0 Å². The van der Waals surface area contributed by atoms with E-state index in [1.165, 1.54) is 0 Å². The molecule has 1 saturated heterocycles. The SMILES string of the molecule is CCCOCC1(CC(C)C(=O)O)CCOC1=O. The minimum atomic E-state index is -0.889. The van der Waals surface area contributed by atoms with Gasteiger partial charge in [-0.1, -0.05) is 13.8 Å². The topological polar surface area (TPSA) is 72.8 Å². The minimum Gasteiger partial charge on any atom is -0.481 e. The van der Waals surface area contributed by atoms with Crippen molar-refractivity contribution in [3.8, 4) is 0 Å². The number of carbonyl (C=O) groups is 2. The molecular formula is C12H20O5. The van der Waals surface area contributed by atoms with E-state index in [2.05, 4.69) is 0 Å². The second-order valence-electron chi connectivity index (χ2n) is 4.66. The summed E-state index contributed by atoms with van der Waals surface area (Å²) in [4.78, 5) is 22.6. The van der Waals surface area contributed by atoms with Gasteiger partial charge in [0.15, 0.2) is 0 Å². The van der Waals surface area contributed by atoms with E-state index < -0.39 is 17.3 Å². The maximum Gasteiger partial charge on any atom is 0.314 e. The fourth-order valence-electron chi connectivity index (χ4n) is 2.05. The molecule has 2 unspecified atom stereocenters. The maximum absolute atomic E-state index is 11.8. The molecule has 0 amide bonds. The predicted molar refractivity (Wildman–Crippen MR) is 60.5 cm³/mol. The van der Waals surface area contributed by atoms with Gasteiger partial charge < -0.3 is 14.6 Å². The number of esters is 1. The second kappa shape index (κ2) is 6.00. The summed E-state index contributed by atoms with van der Waals surface area (Å²) in [6.45, 7) is 4.80. The quantitative estimate of drug-likeness (QED) is 0.542. The van der Waals surface area contributed by atoms with Crippen LogP contribution in [0.2, 0.25) is 0 Å². The number of ether oxygens (including phenoxy) is 2. The summed E-state index contributed by atoms with van der Waals surface area (Å²) in [5.74, 6) is -1.77. The van der Waals surface area contributed by atoms with Crippen molar-refractivity contribution in [2.45, 2.75) is 33.1 Å². The molecule has 0 aromatic rings. The minimum absolute atomic E-state index is 0.261. The van der Waals surface area contributed by atoms with Crippen molar-refractivity contribution < 1.29 is 24.2 Å². The van der Waals surface area contributed by atoms with Crippen molar-refractivity contribution in [3.05, 3.63) is 0 Å². The Morgan fingerprint density at radius 2 is 2.35 bits per heavy atom. The van der Waals surface area contributed by atoms with E-state index in [0.717, 1.165) is 6.42 Å². The maximum atomic E-state index is 11.8. The highest BCUT2D eigenvalue weighted by Gasteiger charge is 2.46. The molecule has 5 heteroatoms. The molecule has 1 heterocycles. The molecule has 2 atom stereocenters. The number of carboxylic acid groups (broad SMARTS) is 1. The van der Waals surface area contributed by atoms with E-state index in [4.69, 9.17) is 14.6 Å². The van der Waals surface area contributed by atoms with Gasteiger partial charge in [0.05, 0.1) is 24.5 Å². The smallest absolute Gasteiger partial charge is 0.314 e. The Balaban J connectivity index is 2.65. The summed E-state index contributed by atoms with van der Waals surface area (Å²) in [6.07, 6.45) is 1.71. The monoisotopic (exact) mass is 244 g/mol. The zero-order valence-corrected chi connectivity index (χ0v) is 10.4. The van der Waals surface area contributed by atoms with E-state index in [1.807, 2.05) is 6.92 Å². The largest absolute Gasteiger partial charge is 0.481 e. The molecule has 0 aromatic carbocycles. The molecule has 1 rings (SSSR count). The van der Waals surface area contributed by atoms with Crippen LogP contribution >= 0.6 is 0 Å². The Labute approximate surface area is 101 Å². The van der Waals surface area contributed by atoms with Crippen molar-refractivity contribution in [3.63, 3.8) is 0 Å². The zero-order chi connectivity index (χ0) is 12.9. The molecule has 0 aromatic heterocycles. The van der Waals surface area contributed by atoms with Gasteiger partial charge in [0, 0.05) is 6.61 Å². The zero-order valence-electron chi connectivity index (χ0n) is 10.4. The third-order valence-corrected chi connectivity index (χ3v) is 3.09. The Morgan fingerprint density at radius 3 is 2.82 bits per heavy atom. The Morgan fingerprint density at radius 1 is 1.65 bits per heavy atom. The lowest BCUT2D eigenvalue weighted by atomic mass is 9.79. The fourth-order valence-corrected chi connectivity index (χ4v) is 2.05. The number of hydrogen-bond acceptors (Lipinski definition) is 4. The first kappa shape index (κ1) is 14.0. The lowest BCUT2D eigenvalue weighted by Crippen LogP contribution is -2.35. The molecule has 0 radical (unpaired) electrons. The van der Waals surface area contributed by atoms with Crippen molar-refractivity contribution in [2.75, 3.05) is 19.8 Å². The molecule has 1 aliphatic heterocycles. The number of carboxylic acids is 1. The summed E-state index contributed by atoms with van der Waals surface area (Å²) >= 11 is 0.